The fraction of sp³-hybridized carbons (Fsp3) is 0.707. The lowest BCUT2D eigenvalue weighted by Crippen LogP contribution is -2.28. The van der Waals surface area contributed by atoms with Crippen LogP contribution in [0.1, 0.15) is 322 Å². The predicted molar refractivity (Wildman–Crippen MR) is 352 cm³/mol. The lowest BCUT2D eigenvalue weighted by atomic mass is 10.0. The highest BCUT2D eigenvalue weighted by atomic mass is 16.6. The third-order valence-electron chi connectivity index (χ3n) is 14.7. The summed E-state index contributed by atoms with van der Waals surface area (Å²) in [5, 5.41) is 9.68. The van der Waals surface area contributed by atoms with E-state index in [0.29, 0.717) is 12.8 Å². The van der Waals surface area contributed by atoms with E-state index in [1.54, 1.807) is 0 Å². The molecule has 5 heteroatoms. The molecule has 1 atom stereocenters. The van der Waals surface area contributed by atoms with Crippen molar-refractivity contribution in [3.05, 3.63) is 122 Å². The summed E-state index contributed by atoms with van der Waals surface area (Å²) in [5.74, 6) is -0.657. The van der Waals surface area contributed by atoms with Crippen molar-refractivity contribution in [1.82, 2.24) is 0 Å². The first-order valence-electron chi connectivity index (χ1n) is 34.1. The maximum atomic E-state index is 12.3. The second-order valence-corrected chi connectivity index (χ2v) is 22.5. The highest BCUT2D eigenvalue weighted by Gasteiger charge is 2.16. The summed E-state index contributed by atoms with van der Waals surface area (Å²) in [6.45, 7) is 4.00. The van der Waals surface area contributed by atoms with Crippen LogP contribution in [0.5, 0.6) is 0 Å². The summed E-state index contributed by atoms with van der Waals surface area (Å²) in [6.07, 6.45) is 102. The summed E-state index contributed by atoms with van der Waals surface area (Å²) in [5.41, 5.74) is 0. The molecule has 5 nitrogen and oxygen atoms in total. The smallest absolute Gasteiger partial charge is 0.306 e. The van der Waals surface area contributed by atoms with Crippen LogP contribution in [0, 0.1) is 0 Å². The molecule has 0 aromatic heterocycles. The van der Waals surface area contributed by atoms with Gasteiger partial charge in [0.15, 0.2) is 6.10 Å². The van der Waals surface area contributed by atoms with Crippen molar-refractivity contribution in [2.24, 2.45) is 0 Å². The molecule has 458 valence electrons. The van der Waals surface area contributed by atoms with Crippen molar-refractivity contribution in [3.8, 4) is 0 Å². The van der Waals surface area contributed by atoms with Crippen LogP contribution in [0.2, 0.25) is 0 Å². The number of rotatable bonds is 62. The number of aliphatic hydroxyl groups excluding tert-OH is 1. The van der Waals surface area contributed by atoms with Gasteiger partial charge < -0.3 is 14.6 Å². The van der Waals surface area contributed by atoms with Crippen molar-refractivity contribution in [2.75, 3.05) is 13.2 Å². The number of ether oxygens (including phenoxy) is 2. The van der Waals surface area contributed by atoms with Gasteiger partial charge in [0.25, 0.3) is 0 Å². The molecular weight excluding hydrogens is 981 g/mol. The van der Waals surface area contributed by atoms with Crippen LogP contribution < -0.4 is 0 Å². The lowest BCUT2D eigenvalue weighted by Gasteiger charge is -2.15. The van der Waals surface area contributed by atoms with Gasteiger partial charge in [-0.05, 0) is 103 Å². The molecule has 0 amide bonds. The Morgan fingerprint density at radius 2 is 0.550 bits per heavy atom. The first kappa shape index (κ1) is 76.3. The first-order valence-corrected chi connectivity index (χ1v) is 34.1. The van der Waals surface area contributed by atoms with Crippen molar-refractivity contribution >= 4 is 11.9 Å². The Morgan fingerprint density at radius 3 is 0.863 bits per heavy atom. The number of unbranched alkanes of at least 4 members (excludes halogenated alkanes) is 34. The zero-order chi connectivity index (χ0) is 57.6. The molecule has 0 fully saturated rings. The van der Waals surface area contributed by atoms with Crippen molar-refractivity contribution in [3.63, 3.8) is 0 Å². The third kappa shape index (κ3) is 66.8. The van der Waals surface area contributed by atoms with E-state index in [4.69, 9.17) is 9.47 Å². The van der Waals surface area contributed by atoms with Gasteiger partial charge in [0.1, 0.15) is 6.61 Å². The Morgan fingerprint density at radius 1 is 0.300 bits per heavy atom. The molecule has 0 radical (unpaired) electrons. The van der Waals surface area contributed by atoms with Gasteiger partial charge in [-0.2, -0.15) is 0 Å². The highest BCUT2D eigenvalue weighted by molar-refractivity contribution is 5.70. The minimum absolute atomic E-state index is 0.0935. The molecule has 0 heterocycles. The molecule has 0 rings (SSSR count). The summed E-state index contributed by atoms with van der Waals surface area (Å²) >= 11 is 0. The monoisotopic (exact) mass is 1110 g/mol. The first-order chi connectivity index (χ1) is 39.6. The van der Waals surface area contributed by atoms with E-state index in [1.807, 2.05) is 0 Å². The Kier molecular flexibility index (Phi) is 66.4. The average molecular weight is 1110 g/mol. The summed E-state index contributed by atoms with van der Waals surface area (Å²) < 4.78 is 10.7. The van der Waals surface area contributed by atoms with Crippen LogP contribution in [0.3, 0.4) is 0 Å². The molecule has 1 N–H and O–H groups in total. The summed E-state index contributed by atoms with van der Waals surface area (Å²) in [4.78, 5) is 24.6. The Labute approximate surface area is 496 Å². The van der Waals surface area contributed by atoms with Crippen molar-refractivity contribution in [1.29, 1.82) is 0 Å². The number of hydrogen-bond acceptors (Lipinski definition) is 5. The van der Waals surface area contributed by atoms with Gasteiger partial charge in [0.2, 0.25) is 0 Å². The van der Waals surface area contributed by atoms with E-state index in [-0.39, 0.29) is 31.6 Å². The minimum atomic E-state index is -0.812. The molecular formula is C75H128O5. The fourth-order valence-electron chi connectivity index (χ4n) is 9.67. The Hall–Kier alpha value is -3.70. The SMILES string of the molecule is CC/C=C\C/C=C\C/C=C\C/C=C\C/C=C\C/C=C\C/C=C\C/C=C\C/C=C\CCCC(=O)OC(CO)COC(=O)CCCCCCCCCCCCCCCCCCCCCCCCCCC/C=C\CCCCCCCCCC. The third-order valence-corrected chi connectivity index (χ3v) is 14.7. The number of carbonyl (C=O) groups is 2. The predicted octanol–water partition coefficient (Wildman–Crippen LogP) is 23.8. The summed E-state index contributed by atoms with van der Waals surface area (Å²) in [6, 6.07) is 0. The van der Waals surface area contributed by atoms with E-state index in [2.05, 4.69) is 135 Å². The lowest BCUT2D eigenvalue weighted by molar-refractivity contribution is -0.161. The summed E-state index contributed by atoms with van der Waals surface area (Å²) in [7, 11) is 0. The van der Waals surface area contributed by atoms with Gasteiger partial charge >= 0.3 is 11.9 Å². The zero-order valence-corrected chi connectivity index (χ0v) is 52.6. The molecule has 0 aliphatic rings. The van der Waals surface area contributed by atoms with Crippen LogP contribution in [-0.4, -0.2) is 36.4 Å². The van der Waals surface area contributed by atoms with Gasteiger partial charge in [-0.25, -0.2) is 0 Å². The highest BCUT2D eigenvalue weighted by Crippen LogP contribution is 2.17. The normalized spacial score (nSPS) is 13.0. The molecule has 0 aromatic rings. The minimum Gasteiger partial charge on any atom is -0.462 e. The molecule has 0 spiro atoms. The number of allylic oxidation sites excluding steroid dienone is 20. The van der Waals surface area contributed by atoms with E-state index in [1.165, 1.54) is 205 Å². The van der Waals surface area contributed by atoms with Gasteiger partial charge in [0.05, 0.1) is 6.61 Å². The van der Waals surface area contributed by atoms with Gasteiger partial charge in [-0.3, -0.25) is 9.59 Å². The second-order valence-electron chi connectivity index (χ2n) is 22.5. The Balaban J connectivity index is 3.52. The van der Waals surface area contributed by atoms with E-state index in [0.717, 1.165) is 83.5 Å². The number of hydrogen-bond donors (Lipinski definition) is 1. The largest absolute Gasteiger partial charge is 0.462 e. The average Bonchev–Trinajstić information content (AvgIpc) is 3.46. The molecule has 0 aromatic carbocycles. The fourth-order valence-corrected chi connectivity index (χ4v) is 9.67. The molecule has 0 aliphatic carbocycles. The van der Waals surface area contributed by atoms with Crippen molar-refractivity contribution < 1.29 is 24.2 Å². The van der Waals surface area contributed by atoms with E-state index < -0.39 is 6.10 Å². The quantitative estimate of drug-likeness (QED) is 0.0373. The molecule has 0 bridgehead atoms. The van der Waals surface area contributed by atoms with Crippen LogP contribution >= 0.6 is 0 Å². The standard InChI is InChI=1S/C75H128O5/c1-3-5-7-9-11-13-15-17-19-21-23-25-27-29-31-33-34-35-36-37-38-39-40-42-43-45-47-49-51-53-55-57-59-61-63-65-67-69-74(77)79-72-73(71-76)80-75(78)70-68-66-64-62-60-58-56-54-52-50-48-46-44-41-32-30-28-26-24-22-20-18-16-14-12-10-8-6-4-2/h6,8,12,14,18,20-21,23-24,26,30,32,44,46,50,52,56,58,62,64,73,76H,3-5,7,9-11,13,15-17,19,22,25,27-29,31,33-43,45,47-49,51,53-55,57,59-61,63,65-72H2,1-2H3/b8-6-,14-12-,20-18-,23-21-,26-24-,32-30-,46-44-,52-50-,58-56-,64-62-. The number of esters is 2. The topological polar surface area (TPSA) is 72.8 Å². The maximum absolute atomic E-state index is 12.3. The molecule has 1 unspecified atom stereocenters. The van der Waals surface area contributed by atoms with Gasteiger partial charge in [-0.1, -0.05) is 328 Å². The van der Waals surface area contributed by atoms with E-state index >= 15 is 0 Å². The molecule has 80 heavy (non-hydrogen) atoms. The molecule has 0 saturated heterocycles. The molecule has 0 saturated carbocycles. The van der Waals surface area contributed by atoms with Gasteiger partial charge in [0, 0.05) is 12.8 Å². The van der Waals surface area contributed by atoms with E-state index in [9.17, 15) is 14.7 Å². The molecule has 0 aliphatic heterocycles. The van der Waals surface area contributed by atoms with Crippen molar-refractivity contribution in [2.45, 2.75) is 328 Å². The number of aliphatic hydroxyl groups is 1. The van der Waals surface area contributed by atoms with Crippen LogP contribution in [-0.2, 0) is 19.1 Å². The maximum Gasteiger partial charge on any atom is 0.306 e. The number of carbonyl (C=O) groups excluding carboxylic acids is 2. The zero-order valence-electron chi connectivity index (χ0n) is 52.6. The van der Waals surface area contributed by atoms with Crippen LogP contribution in [0.25, 0.3) is 0 Å². The van der Waals surface area contributed by atoms with Crippen LogP contribution in [0.4, 0.5) is 0 Å². The second kappa shape index (κ2) is 69.6. The van der Waals surface area contributed by atoms with Crippen LogP contribution in [0.15, 0.2) is 122 Å². The Bertz CT molecular complexity index is 1590. The van der Waals surface area contributed by atoms with Gasteiger partial charge in [-0.15, -0.1) is 0 Å².